The summed E-state index contributed by atoms with van der Waals surface area (Å²) in [6.07, 6.45) is 11.8. The first-order valence-corrected chi connectivity index (χ1v) is 15.0. The van der Waals surface area contributed by atoms with Gasteiger partial charge >= 0.3 is 201 Å². The van der Waals surface area contributed by atoms with Crippen LogP contribution in [-0.2, 0) is 33.7 Å². The molecule has 0 nitrogen and oxygen atoms in total. The second-order valence-corrected chi connectivity index (χ2v) is 16.0. The third kappa shape index (κ3) is 6.50. The summed E-state index contributed by atoms with van der Waals surface area (Å²) in [4.78, 5) is 0. The average molecular weight is 644 g/mol. The Labute approximate surface area is 224 Å². The Morgan fingerprint density at radius 2 is 0.879 bits per heavy atom. The van der Waals surface area contributed by atoms with E-state index >= 15 is 0 Å². The van der Waals surface area contributed by atoms with Gasteiger partial charge in [-0.25, -0.2) is 0 Å². The van der Waals surface area contributed by atoms with E-state index in [0.717, 1.165) is 12.8 Å². The van der Waals surface area contributed by atoms with E-state index in [1.165, 1.54) is 33.4 Å². The molecule has 0 aromatic heterocycles. The van der Waals surface area contributed by atoms with E-state index in [0.29, 0.717) is 0 Å². The summed E-state index contributed by atoms with van der Waals surface area (Å²) >= 11 is -1.07. The van der Waals surface area contributed by atoms with Gasteiger partial charge in [0.1, 0.15) is 0 Å². The van der Waals surface area contributed by atoms with Crippen LogP contribution in [0.1, 0.15) is 76.6 Å². The molecule has 0 N–H and O–H groups in total. The van der Waals surface area contributed by atoms with E-state index < -0.39 is 22.9 Å². The van der Waals surface area contributed by atoms with Crippen molar-refractivity contribution in [3.8, 4) is 0 Å². The molecule has 0 atom stereocenters. The fourth-order valence-electron chi connectivity index (χ4n) is 4.27. The summed E-state index contributed by atoms with van der Waals surface area (Å²) in [6, 6.07) is 18.6. The van der Waals surface area contributed by atoms with Gasteiger partial charge in [0.25, 0.3) is 0 Å². The second-order valence-electron chi connectivity index (χ2n) is 10.8. The molecule has 2 aromatic carbocycles. The van der Waals surface area contributed by atoms with Crippen molar-refractivity contribution in [3.05, 3.63) is 102 Å². The van der Waals surface area contributed by atoms with E-state index in [2.05, 4.69) is 114 Å². The van der Waals surface area contributed by atoms with Gasteiger partial charge in [-0.2, -0.15) is 0 Å². The van der Waals surface area contributed by atoms with Gasteiger partial charge in [0, 0.05) is 0 Å². The van der Waals surface area contributed by atoms with Crippen molar-refractivity contribution in [1.82, 2.24) is 0 Å². The van der Waals surface area contributed by atoms with Gasteiger partial charge in [0.15, 0.2) is 0 Å². The standard InChI is InChI=1S/2C15H17.2ClH.Hf/c2*1-15(2,3)14-10-8-13(9-11-14)12-6-4-5-7-12;;;/h2*4,6,8-11H,5H2,1-3H3;2*1H;/q;;;;+2/p-2. The number of benzene rings is 2. The van der Waals surface area contributed by atoms with Crippen LogP contribution in [-0.4, -0.2) is 0 Å². The van der Waals surface area contributed by atoms with Crippen molar-refractivity contribution in [2.24, 2.45) is 0 Å². The van der Waals surface area contributed by atoms with Crippen LogP contribution < -0.4 is 24.8 Å². The number of hydrogen-bond donors (Lipinski definition) is 0. The molecule has 0 fully saturated rings. The molecular formula is C30H34Cl2Hf. The third-order valence-corrected chi connectivity index (χ3v) is 11.9. The molecule has 3 heteroatoms. The summed E-state index contributed by atoms with van der Waals surface area (Å²) in [5.74, 6) is 0. The summed E-state index contributed by atoms with van der Waals surface area (Å²) in [5.41, 5.74) is 9.03. The topological polar surface area (TPSA) is 0 Å². The van der Waals surface area contributed by atoms with Gasteiger partial charge < -0.3 is 24.8 Å². The van der Waals surface area contributed by atoms with Gasteiger partial charge in [-0.1, -0.05) is 0 Å². The minimum atomic E-state index is -1.07. The molecule has 2 aromatic rings. The number of allylic oxidation sites excluding steroid dienone is 8. The Hall–Kier alpha value is -1.15. The minimum absolute atomic E-state index is 0. The molecule has 0 heterocycles. The summed E-state index contributed by atoms with van der Waals surface area (Å²) in [5, 5.41) is 0. The van der Waals surface area contributed by atoms with Crippen LogP contribution in [0.4, 0.5) is 0 Å². The van der Waals surface area contributed by atoms with Crippen molar-refractivity contribution >= 4 is 11.1 Å². The molecule has 0 aliphatic heterocycles. The third-order valence-electron chi connectivity index (χ3n) is 6.29. The predicted octanol–water partition coefficient (Wildman–Crippen LogP) is 2.41. The first-order chi connectivity index (χ1) is 14.6. The van der Waals surface area contributed by atoms with Crippen molar-refractivity contribution in [2.45, 2.75) is 65.2 Å². The van der Waals surface area contributed by atoms with Gasteiger partial charge in [0.2, 0.25) is 0 Å². The molecule has 0 bridgehead atoms. The van der Waals surface area contributed by atoms with Crippen LogP contribution >= 0.6 is 0 Å². The van der Waals surface area contributed by atoms with Gasteiger partial charge in [-0.3, -0.25) is 0 Å². The molecule has 0 amide bonds. The van der Waals surface area contributed by atoms with Crippen LogP contribution in [0, 0.1) is 0 Å². The zero-order valence-corrected chi connectivity index (χ0v) is 25.7. The Balaban J connectivity index is 0.00000193. The van der Waals surface area contributed by atoms with E-state index in [-0.39, 0.29) is 35.6 Å². The molecule has 2 aliphatic rings. The molecule has 2 aliphatic carbocycles. The zero-order chi connectivity index (χ0) is 22.2. The molecule has 0 spiro atoms. The quantitative estimate of drug-likeness (QED) is 0.450. The Kier molecular flexibility index (Phi) is 9.42. The monoisotopic (exact) mass is 644 g/mol. The normalized spacial score (nSPS) is 15.5. The maximum absolute atomic E-state index is 2.37. The first-order valence-electron chi connectivity index (χ1n) is 11.4. The maximum Gasteiger partial charge on any atom is -1.00 e. The van der Waals surface area contributed by atoms with Crippen LogP contribution in [0.15, 0.2) is 79.5 Å². The van der Waals surface area contributed by atoms with Crippen molar-refractivity contribution in [3.63, 3.8) is 0 Å². The molecule has 172 valence electrons. The smallest absolute Gasteiger partial charge is 1.00 e. The predicted molar refractivity (Wildman–Crippen MR) is 132 cm³/mol. The van der Waals surface area contributed by atoms with Crippen molar-refractivity contribution in [1.29, 1.82) is 0 Å². The number of halogens is 2. The van der Waals surface area contributed by atoms with Crippen LogP contribution in [0.25, 0.3) is 11.1 Å². The molecule has 33 heavy (non-hydrogen) atoms. The fraction of sp³-hybridized carbons (Fsp3) is 0.333. The van der Waals surface area contributed by atoms with Crippen LogP contribution in [0.3, 0.4) is 0 Å². The van der Waals surface area contributed by atoms with E-state index in [1.807, 2.05) is 0 Å². The average Bonchev–Trinajstić information content (AvgIpc) is 3.37. The Morgan fingerprint density at radius 3 is 1.18 bits per heavy atom. The molecular weight excluding hydrogens is 610 g/mol. The van der Waals surface area contributed by atoms with Crippen LogP contribution in [0.2, 0.25) is 0 Å². The van der Waals surface area contributed by atoms with E-state index in [4.69, 9.17) is 0 Å². The maximum atomic E-state index is 2.37. The van der Waals surface area contributed by atoms with Gasteiger partial charge in [-0.05, 0) is 0 Å². The van der Waals surface area contributed by atoms with Crippen molar-refractivity contribution in [2.75, 3.05) is 0 Å². The Morgan fingerprint density at radius 1 is 0.545 bits per heavy atom. The number of hydrogen-bond acceptors (Lipinski definition) is 0. The summed E-state index contributed by atoms with van der Waals surface area (Å²) < 4.78 is 3.48. The SMILES string of the molecule is CC(C)(C)c1ccc(C2=[C]([Hf+2][C]3=C(c4ccc(C(C)(C)C)cc4)C=CC3)CC=C2)cc1.[Cl-].[Cl-]. The second kappa shape index (κ2) is 11.1. The van der Waals surface area contributed by atoms with Gasteiger partial charge in [0.05, 0.1) is 0 Å². The summed E-state index contributed by atoms with van der Waals surface area (Å²) in [7, 11) is 0. The summed E-state index contributed by atoms with van der Waals surface area (Å²) in [6.45, 7) is 13.7. The molecule has 0 unspecified atom stereocenters. The van der Waals surface area contributed by atoms with Crippen LogP contribution in [0.5, 0.6) is 0 Å². The Bertz CT molecular complexity index is 994. The minimum Gasteiger partial charge on any atom is -1.00 e. The first kappa shape index (κ1) is 28.1. The number of rotatable bonds is 4. The zero-order valence-electron chi connectivity index (χ0n) is 20.6. The molecule has 4 rings (SSSR count). The van der Waals surface area contributed by atoms with E-state index in [9.17, 15) is 0 Å². The molecule has 0 radical (unpaired) electrons. The molecule has 0 saturated heterocycles. The van der Waals surface area contributed by atoms with E-state index in [1.54, 1.807) is 6.66 Å². The largest absolute Gasteiger partial charge is 1.00 e. The fourth-order valence-corrected chi connectivity index (χ4v) is 9.76. The van der Waals surface area contributed by atoms with Gasteiger partial charge in [-0.15, -0.1) is 0 Å². The molecule has 0 saturated carbocycles. The van der Waals surface area contributed by atoms with Crippen molar-refractivity contribution < 1.29 is 47.7 Å².